The summed E-state index contributed by atoms with van der Waals surface area (Å²) in [7, 11) is 3.03. The van der Waals surface area contributed by atoms with Gasteiger partial charge in [-0.25, -0.2) is 4.39 Å². The summed E-state index contributed by atoms with van der Waals surface area (Å²) in [6.07, 6.45) is 0.789. The van der Waals surface area contributed by atoms with E-state index >= 15 is 0 Å². The van der Waals surface area contributed by atoms with Crippen molar-refractivity contribution in [3.8, 4) is 11.5 Å². The maximum atomic E-state index is 13.6. The third-order valence-corrected chi connectivity index (χ3v) is 3.51. The smallest absolute Gasteiger partial charge is 0.220 e. The molecule has 0 spiro atoms. The van der Waals surface area contributed by atoms with Gasteiger partial charge in [-0.1, -0.05) is 18.2 Å². The fourth-order valence-corrected chi connectivity index (χ4v) is 2.16. The molecular weight excluding hydrogens is 297 g/mol. The number of carbonyl (C=O) groups excluding carboxylic acids is 1. The van der Waals surface area contributed by atoms with Gasteiger partial charge in [0.25, 0.3) is 0 Å². The lowest BCUT2D eigenvalue weighted by molar-refractivity contribution is -0.121. The average molecular weight is 317 g/mol. The van der Waals surface area contributed by atoms with Crippen molar-refractivity contribution < 1.29 is 18.7 Å². The molecule has 0 radical (unpaired) electrons. The minimum absolute atomic E-state index is 0.0722. The van der Waals surface area contributed by atoms with Gasteiger partial charge in [0.05, 0.1) is 14.2 Å². The normalized spacial score (nSPS) is 10.2. The van der Waals surface area contributed by atoms with Crippen LogP contribution in [-0.2, 0) is 17.8 Å². The summed E-state index contributed by atoms with van der Waals surface area (Å²) in [6, 6.07) is 12.2. The highest BCUT2D eigenvalue weighted by molar-refractivity contribution is 5.76. The van der Waals surface area contributed by atoms with Gasteiger partial charge in [0, 0.05) is 13.0 Å². The zero-order valence-corrected chi connectivity index (χ0v) is 13.3. The molecule has 0 aliphatic heterocycles. The van der Waals surface area contributed by atoms with Crippen LogP contribution in [-0.4, -0.2) is 20.1 Å². The van der Waals surface area contributed by atoms with Crippen LogP contribution in [0.5, 0.6) is 11.5 Å². The lowest BCUT2D eigenvalue weighted by Gasteiger charge is -2.07. The number of nitrogens with one attached hydrogen (secondary N) is 1. The summed E-state index contributed by atoms with van der Waals surface area (Å²) in [5.74, 6) is 0.500. The zero-order chi connectivity index (χ0) is 16.7. The standard InChI is InChI=1S/C18H20FNO3/c1-22-15-7-3-14(4-8-15)12-20-18(21)10-6-13-5-9-17(23-2)16(19)11-13/h3-5,7-9,11H,6,10,12H2,1-2H3,(H,20,21). The molecule has 0 atom stereocenters. The van der Waals surface area contributed by atoms with E-state index < -0.39 is 5.82 Å². The molecule has 0 saturated carbocycles. The van der Waals surface area contributed by atoms with Crippen LogP contribution in [0.4, 0.5) is 4.39 Å². The lowest BCUT2D eigenvalue weighted by atomic mass is 10.1. The summed E-state index contributed by atoms with van der Waals surface area (Å²) >= 11 is 0. The fourth-order valence-electron chi connectivity index (χ4n) is 2.16. The number of benzene rings is 2. The summed E-state index contributed by atoms with van der Waals surface area (Å²) in [4.78, 5) is 11.9. The SMILES string of the molecule is COc1ccc(CNC(=O)CCc2ccc(OC)c(F)c2)cc1. The summed E-state index contributed by atoms with van der Waals surface area (Å²) in [6.45, 7) is 0.458. The van der Waals surface area contributed by atoms with Gasteiger partial charge in [0.15, 0.2) is 11.6 Å². The number of methoxy groups -OCH3 is 2. The second-order valence-electron chi connectivity index (χ2n) is 5.09. The van der Waals surface area contributed by atoms with Gasteiger partial charge in [-0.2, -0.15) is 0 Å². The van der Waals surface area contributed by atoms with Crippen molar-refractivity contribution in [2.45, 2.75) is 19.4 Å². The van der Waals surface area contributed by atoms with Crippen LogP contribution in [0.15, 0.2) is 42.5 Å². The molecule has 0 unspecified atom stereocenters. The Kier molecular flexibility index (Phi) is 5.97. The van der Waals surface area contributed by atoms with Gasteiger partial charge in [-0.15, -0.1) is 0 Å². The van der Waals surface area contributed by atoms with Crippen molar-refractivity contribution in [1.29, 1.82) is 0 Å². The Hall–Kier alpha value is -2.56. The molecule has 0 aliphatic carbocycles. The maximum Gasteiger partial charge on any atom is 0.220 e. The summed E-state index contributed by atoms with van der Waals surface area (Å²) in [5.41, 5.74) is 1.76. The molecule has 2 aromatic carbocycles. The van der Waals surface area contributed by atoms with Crippen molar-refractivity contribution in [3.63, 3.8) is 0 Å². The molecule has 1 N–H and O–H groups in total. The number of hydrogen-bond acceptors (Lipinski definition) is 3. The molecular formula is C18H20FNO3. The Bertz CT molecular complexity index is 656. The van der Waals surface area contributed by atoms with Crippen LogP contribution in [0.25, 0.3) is 0 Å². The molecule has 2 rings (SSSR count). The van der Waals surface area contributed by atoms with Crippen molar-refractivity contribution in [1.82, 2.24) is 5.32 Å². The molecule has 0 aliphatic rings. The topological polar surface area (TPSA) is 47.6 Å². The van der Waals surface area contributed by atoms with Gasteiger partial charge >= 0.3 is 0 Å². The molecule has 23 heavy (non-hydrogen) atoms. The van der Waals surface area contributed by atoms with Crippen molar-refractivity contribution in [2.75, 3.05) is 14.2 Å². The number of aryl methyl sites for hydroxylation is 1. The van der Waals surface area contributed by atoms with Gasteiger partial charge < -0.3 is 14.8 Å². The van der Waals surface area contributed by atoms with Gasteiger partial charge in [-0.05, 0) is 41.8 Å². The highest BCUT2D eigenvalue weighted by atomic mass is 19.1. The maximum absolute atomic E-state index is 13.6. The lowest BCUT2D eigenvalue weighted by Crippen LogP contribution is -2.22. The molecule has 0 fully saturated rings. The first-order valence-electron chi connectivity index (χ1n) is 7.34. The molecule has 122 valence electrons. The van der Waals surface area contributed by atoms with E-state index in [-0.39, 0.29) is 11.7 Å². The third kappa shape index (κ3) is 4.98. The molecule has 2 aromatic rings. The Balaban J connectivity index is 1.79. The molecule has 5 heteroatoms. The van der Waals surface area contributed by atoms with Crippen LogP contribution in [0.2, 0.25) is 0 Å². The largest absolute Gasteiger partial charge is 0.497 e. The van der Waals surface area contributed by atoms with Gasteiger partial charge in [0.2, 0.25) is 5.91 Å². The van der Waals surface area contributed by atoms with Crippen LogP contribution in [0.1, 0.15) is 17.5 Å². The quantitative estimate of drug-likeness (QED) is 0.853. The Labute approximate surface area is 135 Å². The molecule has 0 saturated heterocycles. The number of halogens is 1. The van der Waals surface area contributed by atoms with Gasteiger partial charge in [-0.3, -0.25) is 4.79 Å². The van der Waals surface area contributed by atoms with Crippen LogP contribution in [0, 0.1) is 5.82 Å². The monoisotopic (exact) mass is 317 g/mol. The highest BCUT2D eigenvalue weighted by Crippen LogP contribution is 2.18. The molecule has 1 amide bonds. The van der Waals surface area contributed by atoms with Crippen molar-refractivity contribution >= 4 is 5.91 Å². The molecule has 4 nitrogen and oxygen atoms in total. The van der Waals surface area contributed by atoms with Crippen LogP contribution >= 0.6 is 0 Å². The Morgan fingerprint density at radius 3 is 2.35 bits per heavy atom. The predicted molar refractivity (Wildman–Crippen MR) is 86.1 cm³/mol. The summed E-state index contributed by atoms with van der Waals surface area (Å²) in [5, 5.41) is 2.85. The predicted octanol–water partition coefficient (Wildman–Crippen LogP) is 3.09. The molecule has 0 heterocycles. The number of amides is 1. The van der Waals surface area contributed by atoms with Crippen molar-refractivity contribution in [2.24, 2.45) is 0 Å². The number of hydrogen-bond donors (Lipinski definition) is 1. The van der Waals surface area contributed by atoms with E-state index in [4.69, 9.17) is 9.47 Å². The number of ether oxygens (including phenoxy) is 2. The molecule has 0 bridgehead atoms. The second kappa shape index (κ2) is 8.17. The van der Waals surface area contributed by atoms with Crippen LogP contribution in [0.3, 0.4) is 0 Å². The third-order valence-electron chi connectivity index (χ3n) is 3.51. The van der Waals surface area contributed by atoms with E-state index in [9.17, 15) is 9.18 Å². The van der Waals surface area contributed by atoms with Gasteiger partial charge in [0.1, 0.15) is 5.75 Å². The second-order valence-corrected chi connectivity index (χ2v) is 5.09. The van der Waals surface area contributed by atoms with E-state index in [0.29, 0.717) is 19.4 Å². The van der Waals surface area contributed by atoms with E-state index in [1.165, 1.54) is 13.2 Å². The molecule has 0 aromatic heterocycles. The first-order chi connectivity index (χ1) is 11.1. The number of carbonyl (C=O) groups is 1. The summed E-state index contributed by atoms with van der Waals surface area (Å²) < 4.78 is 23.5. The zero-order valence-electron chi connectivity index (χ0n) is 13.3. The van der Waals surface area contributed by atoms with E-state index in [0.717, 1.165) is 16.9 Å². The first-order valence-corrected chi connectivity index (χ1v) is 7.34. The highest BCUT2D eigenvalue weighted by Gasteiger charge is 2.06. The minimum Gasteiger partial charge on any atom is -0.497 e. The van der Waals surface area contributed by atoms with E-state index in [2.05, 4.69) is 5.32 Å². The van der Waals surface area contributed by atoms with Crippen molar-refractivity contribution in [3.05, 3.63) is 59.4 Å². The Morgan fingerprint density at radius 1 is 1.04 bits per heavy atom. The average Bonchev–Trinajstić information content (AvgIpc) is 2.58. The van der Waals surface area contributed by atoms with E-state index in [1.54, 1.807) is 19.2 Å². The fraction of sp³-hybridized carbons (Fsp3) is 0.278. The minimum atomic E-state index is -0.413. The first kappa shape index (κ1) is 16.8. The van der Waals surface area contributed by atoms with E-state index in [1.807, 2.05) is 24.3 Å². The Morgan fingerprint density at radius 2 is 1.74 bits per heavy atom. The van der Waals surface area contributed by atoms with Crippen LogP contribution < -0.4 is 14.8 Å². The number of rotatable bonds is 7.